The van der Waals surface area contributed by atoms with E-state index >= 15 is 0 Å². The number of fused-ring (bicyclic) bond motifs is 2. The summed E-state index contributed by atoms with van der Waals surface area (Å²) in [7, 11) is 0. The van der Waals surface area contributed by atoms with Gasteiger partial charge in [0.1, 0.15) is 5.82 Å². The highest BCUT2D eigenvalue weighted by molar-refractivity contribution is 7.17. The summed E-state index contributed by atoms with van der Waals surface area (Å²) in [6.07, 6.45) is 1.59. The van der Waals surface area contributed by atoms with E-state index < -0.39 is 10.8 Å². The quantitative estimate of drug-likeness (QED) is 0.251. The van der Waals surface area contributed by atoms with Crippen LogP contribution in [0.15, 0.2) is 72.4 Å². The molecule has 0 bridgehead atoms. The summed E-state index contributed by atoms with van der Waals surface area (Å²) < 4.78 is 2.71. The van der Waals surface area contributed by atoms with E-state index in [4.69, 9.17) is 4.98 Å². The van der Waals surface area contributed by atoms with Crippen LogP contribution in [-0.2, 0) is 0 Å². The summed E-state index contributed by atoms with van der Waals surface area (Å²) in [5.41, 5.74) is 4.63. The number of thiophene rings is 1. The van der Waals surface area contributed by atoms with E-state index in [-0.39, 0.29) is 15.7 Å². The van der Waals surface area contributed by atoms with Crippen molar-refractivity contribution in [2.45, 2.75) is 0 Å². The second-order valence-corrected chi connectivity index (χ2v) is 9.36. The SMILES string of the molecule is O=C(Nc1nc(-c2ccc3scnc3c2)nc2c1cnn2-c1ccccc1)c1ccc([N+](=O)[O-])s1. The summed E-state index contributed by atoms with van der Waals surface area (Å²) in [5.74, 6) is 0.139. The van der Waals surface area contributed by atoms with Crippen molar-refractivity contribution in [2.24, 2.45) is 0 Å². The van der Waals surface area contributed by atoms with Crippen LogP contribution in [0.4, 0.5) is 10.8 Å². The molecular weight excluding hydrogens is 486 g/mol. The Balaban J connectivity index is 1.49. The lowest BCUT2D eigenvalue weighted by molar-refractivity contribution is -0.380. The molecule has 0 atom stereocenters. The zero-order valence-corrected chi connectivity index (χ0v) is 19.3. The molecule has 1 N–H and O–H groups in total. The van der Waals surface area contributed by atoms with Crippen LogP contribution in [0.3, 0.4) is 0 Å². The first-order valence-corrected chi connectivity index (χ1v) is 12.0. The number of benzene rings is 2. The predicted octanol–water partition coefficient (Wildman–Crippen LogP) is 5.31. The number of hydrogen-bond donors (Lipinski definition) is 1. The van der Waals surface area contributed by atoms with Crippen molar-refractivity contribution in [3.8, 4) is 17.1 Å². The van der Waals surface area contributed by atoms with Gasteiger partial charge in [-0.15, -0.1) is 11.3 Å². The Kier molecular flexibility index (Phi) is 5.01. The highest BCUT2D eigenvalue weighted by Gasteiger charge is 2.20. The summed E-state index contributed by atoms with van der Waals surface area (Å²) in [6.45, 7) is 0. The molecule has 6 aromatic rings. The summed E-state index contributed by atoms with van der Waals surface area (Å²) in [5, 5.41) is 18.7. The monoisotopic (exact) mass is 499 g/mol. The predicted molar refractivity (Wildman–Crippen MR) is 134 cm³/mol. The molecule has 0 aliphatic rings. The fraction of sp³-hybridized carbons (Fsp3) is 0. The molecule has 35 heavy (non-hydrogen) atoms. The molecule has 0 aliphatic heterocycles. The molecule has 0 unspecified atom stereocenters. The number of rotatable bonds is 5. The van der Waals surface area contributed by atoms with Crippen LogP contribution < -0.4 is 5.32 Å². The minimum Gasteiger partial charge on any atom is -0.305 e. The first kappa shape index (κ1) is 21.0. The van der Waals surface area contributed by atoms with Gasteiger partial charge in [0.2, 0.25) is 0 Å². The van der Waals surface area contributed by atoms with Crippen molar-refractivity contribution < 1.29 is 9.72 Å². The van der Waals surface area contributed by atoms with Crippen molar-refractivity contribution >= 4 is 60.6 Å². The van der Waals surface area contributed by atoms with Gasteiger partial charge in [0.15, 0.2) is 11.5 Å². The second kappa shape index (κ2) is 8.34. The number of carbonyl (C=O) groups is 1. The van der Waals surface area contributed by atoms with Crippen molar-refractivity contribution in [3.63, 3.8) is 0 Å². The minimum atomic E-state index is -0.527. The highest BCUT2D eigenvalue weighted by Crippen LogP contribution is 2.30. The second-order valence-electron chi connectivity index (χ2n) is 7.41. The van der Waals surface area contributed by atoms with Gasteiger partial charge < -0.3 is 5.32 Å². The molecular formula is C23H13N7O3S2. The van der Waals surface area contributed by atoms with Gasteiger partial charge in [0.25, 0.3) is 5.91 Å². The van der Waals surface area contributed by atoms with Crippen LogP contribution >= 0.6 is 22.7 Å². The molecule has 0 saturated heterocycles. The number of thiazole rings is 1. The Morgan fingerprint density at radius 2 is 1.91 bits per heavy atom. The summed E-state index contributed by atoms with van der Waals surface area (Å²) in [4.78, 5) is 37.4. The Bertz CT molecular complexity index is 1740. The summed E-state index contributed by atoms with van der Waals surface area (Å²) in [6, 6.07) is 18.0. The Hall–Kier alpha value is -4.55. The number of para-hydroxylation sites is 1. The van der Waals surface area contributed by atoms with Crippen molar-refractivity contribution in [1.82, 2.24) is 24.7 Å². The zero-order chi connectivity index (χ0) is 23.9. The van der Waals surface area contributed by atoms with Gasteiger partial charge in [-0.2, -0.15) is 5.10 Å². The number of nitro groups is 1. The van der Waals surface area contributed by atoms with E-state index in [9.17, 15) is 14.9 Å². The number of nitrogens with zero attached hydrogens (tertiary/aromatic N) is 6. The number of nitrogens with one attached hydrogen (secondary N) is 1. The molecule has 4 aromatic heterocycles. The molecule has 6 rings (SSSR count). The Morgan fingerprint density at radius 1 is 1.06 bits per heavy atom. The van der Waals surface area contributed by atoms with Gasteiger partial charge in [-0.05, 0) is 36.4 Å². The van der Waals surface area contributed by atoms with E-state index in [0.29, 0.717) is 16.9 Å². The minimum absolute atomic E-state index is 0.114. The van der Waals surface area contributed by atoms with Crippen LogP contribution in [0, 0.1) is 10.1 Å². The number of hydrogen-bond acceptors (Lipinski definition) is 9. The molecule has 0 saturated carbocycles. The van der Waals surface area contributed by atoms with Gasteiger partial charge in [0, 0.05) is 11.6 Å². The van der Waals surface area contributed by atoms with Crippen molar-refractivity contribution in [2.75, 3.05) is 5.32 Å². The summed E-state index contributed by atoms with van der Waals surface area (Å²) >= 11 is 2.33. The maximum atomic E-state index is 12.9. The molecule has 0 fully saturated rings. The first-order valence-electron chi connectivity index (χ1n) is 10.3. The topological polar surface area (TPSA) is 129 Å². The maximum Gasteiger partial charge on any atom is 0.324 e. The lowest BCUT2D eigenvalue weighted by atomic mass is 10.2. The number of anilines is 1. The Morgan fingerprint density at radius 3 is 2.71 bits per heavy atom. The van der Waals surface area contributed by atoms with Crippen molar-refractivity contribution in [1.29, 1.82) is 0 Å². The third-order valence-corrected chi connectivity index (χ3v) is 7.09. The van der Waals surface area contributed by atoms with Gasteiger partial charge in [-0.1, -0.05) is 29.5 Å². The van der Waals surface area contributed by atoms with Crippen molar-refractivity contribution in [3.05, 3.63) is 87.4 Å². The van der Waals surface area contributed by atoms with Crippen LogP contribution in [0.25, 0.3) is 38.3 Å². The van der Waals surface area contributed by atoms with E-state index in [1.54, 1.807) is 16.4 Å². The van der Waals surface area contributed by atoms with Crippen LogP contribution in [0.2, 0.25) is 0 Å². The number of aromatic nitrogens is 5. The molecule has 1 amide bonds. The zero-order valence-electron chi connectivity index (χ0n) is 17.7. The highest BCUT2D eigenvalue weighted by atomic mass is 32.1. The normalized spacial score (nSPS) is 11.2. The molecule has 2 aromatic carbocycles. The van der Waals surface area contributed by atoms with Gasteiger partial charge >= 0.3 is 5.00 Å². The Labute approximate surface area is 204 Å². The smallest absolute Gasteiger partial charge is 0.305 e. The molecule has 10 nitrogen and oxygen atoms in total. The molecule has 12 heteroatoms. The van der Waals surface area contributed by atoms with E-state index in [2.05, 4.69) is 20.4 Å². The third-order valence-electron chi connectivity index (χ3n) is 5.25. The fourth-order valence-electron chi connectivity index (χ4n) is 3.60. The van der Waals surface area contributed by atoms with Gasteiger partial charge in [-0.3, -0.25) is 14.9 Å². The van der Waals surface area contributed by atoms with Gasteiger partial charge in [0.05, 0.1) is 42.8 Å². The molecule has 0 aliphatic carbocycles. The average Bonchev–Trinajstić information content (AvgIpc) is 3.63. The van der Waals surface area contributed by atoms with Crippen LogP contribution in [-0.4, -0.2) is 35.6 Å². The average molecular weight is 500 g/mol. The molecule has 4 heterocycles. The first-order chi connectivity index (χ1) is 17.1. The largest absolute Gasteiger partial charge is 0.324 e. The molecule has 0 spiro atoms. The number of carbonyl (C=O) groups excluding carboxylic acids is 1. The van der Waals surface area contributed by atoms with Gasteiger partial charge in [-0.25, -0.2) is 19.6 Å². The lowest BCUT2D eigenvalue weighted by Gasteiger charge is -2.09. The maximum absolute atomic E-state index is 12.9. The van der Waals surface area contributed by atoms with E-state index in [0.717, 1.165) is 32.8 Å². The fourth-order valence-corrected chi connectivity index (χ4v) is 4.98. The molecule has 0 radical (unpaired) electrons. The lowest BCUT2D eigenvalue weighted by Crippen LogP contribution is -2.12. The standard InChI is InChI=1S/C23H13N7O3S2/c31-23(18-8-9-19(35-18)30(32)33)28-21-15-11-25-29(14-4-2-1-3-5-14)22(15)27-20(26-21)13-6-7-17-16(10-13)24-12-34-17/h1-12H,(H,26,27,28,31). The number of amides is 1. The van der Waals surface area contributed by atoms with Crippen LogP contribution in [0.1, 0.15) is 9.67 Å². The van der Waals surface area contributed by atoms with Crippen LogP contribution in [0.5, 0.6) is 0 Å². The van der Waals surface area contributed by atoms with E-state index in [1.165, 1.54) is 23.5 Å². The third kappa shape index (κ3) is 3.80. The van der Waals surface area contributed by atoms with E-state index in [1.807, 2.05) is 48.5 Å². The molecule has 170 valence electrons.